The number of hydrogen-bond donors (Lipinski definition) is 1. The van der Waals surface area contributed by atoms with Gasteiger partial charge in [0.2, 0.25) is 0 Å². The molecule has 3 rings (SSSR count). The summed E-state index contributed by atoms with van der Waals surface area (Å²) in [7, 11) is 0. The minimum absolute atomic E-state index is 0.636. The number of thiazole rings is 1. The van der Waals surface area contributed by atoms with Crippen LogP contribution in [0.15, 0.2) is 59.1 Å². The Bertz CT molecular complexity index is 738. The van der Waals surface area contributed by atoms with Crippen molar-refractivity contribution in [1.29, 1.82) is 0 Å². The van der Waals surface area contributed by atoms with Crippen LogP contribution in [0.2, 0.25) is 0 Å². The van der Waals surface area contributed by atoms with Gasteiger partial charge in [0, 0.05) is 20.5 Å². The molecule has 0 bridgehead atoms. The zero-order valence-electron chi connectivity index (χ0n) is 11.4. The molecule has 106 valence electrons. The second kappa shape index (κ2) is 6.52. The number of benzene rings is 2. The lowest BCUT2D eigenvalue weighted by Gasteiger charge is -2.00. The predicted octanol–water partition coefficient (Wildman–Crippen LogP) is 4.74. The van der Waals surface area contributed by atoms with Crippen molar-refractivity contribution < 1.29 is 0 Å². The number of aromatic nitrogens is 1. The highest BCUT2D eigenvalue weighted by Crippen LogP contribution is 2.36. The van der Waals surface area contributed by atoms with Gasteiger partial charge in [-0.05, 0) is 19.0 Å². The molecule has 2 aromatic carbocycles. The van der Waals surface area contributed by atoms with Crippen LogP contribution in [0.4, 0.5) is 0 Å². The zero-order chi connectivity index (χ0) is 14.7. The van der Waals surface area contributed by atoms with Gasteiger partial charge in [-0.2, -0.15) is 0 Å². The first-order valence-electron chi connectivity index (χ1n) is 6.79. The molecule has 0 fully saturated rings. The van der Waals surface area contributed by atoms with Crippen LogP contribution >= 0.6 is 27.3 Å². The first-order chi connectivity index (χ1) is 10.3. The van der Waals surface area contributed by atoms with E-state index in [1.165, 1.54) is 4.88 Å². The molecule has 1 heterocycles. The zero-order valence-corrected chi connectivity index (χ0v) is 13.8. The summed E-state index contributed by atoms with van der Waals surface area (Å²) in [6.07, 6.45) is 0.854. The summed E-state index contributed by atoms with van der Waals surface area (Å²) in [5.74, 6) is 0. The number of nitrogens with two attached hydrogens (primary N) is 1. The highest BCUT2D eigenvalue weighted by atomic mass is 79.9. The maximum Gasteiger partial charge on any atom is 0.125 e. The van der Waals surface area contributed by atoms with Crippen molar-refractivity contribution in [1.82, 2.24) is 4.98 Å². The Kier molecular flexibility index (Phi) is 4.48. The Morgan fingerprint density at radius 1 is 1.00 bits per heavy atom. The molecule has 21 heavy (non-hydrogen) atoms. The largest absolute Gasteiger partial charge is 0.330 e. The Balaban J connectivity index is 2.11. The molecule has 0 saturated heterocycles. The Hall–Kier alpha value is -1.49. The molecular formula is C17H15BrN2S. The van der Waals surface area contributed by atoms with Crippen LogP contribution in [-0.2, 0) is 6.42 Å². The molecule has 0 spiro atoms. The molecule has 0 saturated carbocycles. The van der Waals surface area contributed by atoms with Gasteiger partial charge in [-0.1, -0.05) is 64.5 Å². The molecule has 0 unspecified atom stereocenters. The molecule has 0 aliphatic carbocycles. The standard InChI is InChI=1S/C17H15BrN2S/c18-14-9-5-4-8-13(14)17-20-16(15(21-17)10-11-19)12-6-2-1-3-7-12/h1-9H,10-11,19H2. The first-order valence-corrected chi connectivity index (χ1v) is 8.40. The smallest absolute Gasteiger partial charge is 0.125 e. The van der Waals surface area contributed by atoms with Crippen molar-refractivity contribution in [3.8, 4) is 21.8 Å². The maximum atomic E-state index is 5.75. The average Bonchev–Trinajstić information content (AvgIpc) is 2.93. The summed E-state index contributed by atoms with van der Waals surface area (Å²) in [6.45, 7) is 0.636. The van der Waals surface area contributed by atoms with Crippen LogP contribution in [0.3, 0.4) is 0 Å². The van der Waals surface area contributed by atoms with Gasteiger partial charge in [0.1, 0.15) is 5.01 Å². The fourth-order valence-electron chi connectivity index (χ4n) is 2.22. The van der Waals surface area contributed by atoms with Crippen molar-refractivity contribution in [3.05, 3.63) is 63.9 Å². The lowest BCUT2D eigenvalue weighted by Crippen LogP contribution is -2.02. The van der Waals surface area contributed by atoms with E-state index in [2.05, 4.69) is 34.1 Å². The van der Waals surface area contributed by atoms with E-state index in [9.17, 15) is 0 Å². The van der Waals surface area contributed by atoms with Crippen molar-refractivity contribution >= 4 is 27.3 Å². The van der Waals surface area contributed by atoms with Crippen LogP contribution in [0.5, 0.6) is 0 Å². The molecule has 0 atom stereocenters. The van der Waals surface area contributed by atoms with Gasteiger partial charge in [-0.3, -0.25) is 0 Å². The van der Waals surface area contributed by atoms with E-state index in [4.69, 9.17) is 10.7 Å². The second-order valence-corrected chi connectivity index (χ2v) is 6.61. The van der Waals surface area contributed by atoms with E-state index >= 15 is 0 Å². The SMILES string of the molecule is NCCc1sc(-c2ccccc2Br)nc1-c1ccccc1. The lowest BCUT2D eigenvalue weighted by molar-refractivity contribution is 0.986. The highest BCUT2D eigenvalue weighted by molar-refractivity contribution is 9.10. The van der Waals surface area contributed by atoms with Crippen molar-refractivity contribution in [3.63, 3.8) is 0 Å². The molecule has 0 aliphatic heterocycles. The fourth-order valence-corrected chi connectivity index (χ4v) is 3.97. The molecule has 0 amide bonds. The van der Waals surface area contributed by atoms with E-state index in [-0.39, 0.29) is 0 Å². The molecule has 2 N–H and O–H groups in total. The summed E-state index contributed by atoms with van der Waals surface area (Å²) < 4.78 is 1.07. The van der Waals surface area contributed by atoms with Gasteiger partial charge in [-0.15, -0.1) is 11.3 Å². The van der Waals surface area contributed by atoms with E-state index in [0.717, 1.165) is 32.7 Å². The van der Waals surface area contributed by atoms with E-state index in [1.807, 2.05) is 36.4 Å². The number of nitrogens with zero attached hydrogens (tertiary/aromatic N) is 1. The fraction of sp³-hybridized carbons (Fsp3) is 0.118. The monoisotopic (exact) mass is 358 g/mol. The maximum absolute atomic E-state index is 5.75. The minimum Gasteiger partial charge on any atom is -0.330 e. The van der Waals surface area contributed by atoms with Crippen LogP contribution in [0, 0.1) is 0 Å². The van der Waals surface area contributed by atoms with Gasteiger partial charge in [0.25, 0.3) is 0 Å². The van der Waals surface area contributed by atoms with Crippen LogP contribution in [0.1, 0.15) is 4.88 Å². The van der Waals surface area contributed by atoms with Gasteiger partial charge in [0.15, 0.2) is 0 Å². The number of hydrogen-bond acceptors (Lipinski definition) is 3. The summed E-state index contributed by atoms with van der Waals surface area (Å²) in [6, 6.07) is 18.5. The molecule has 4 heteroatoms. The molecule has 1 aromatic heterocycles. The van der Waals surface area contributed by atoms with Crippen molar-refractivity contribution in [2.45, 2.75) is 6.42 Å². The Labute approximate surface area is 136 Å². The molecular weight excluding hydrogens is 344 g/mol. The summed E-state index contributed by atoms with van der Waals surface area (Å²) in [5.41, 5.74) is 9.08. The summed E-state index contributed by atoms with van der Waals surface area (Å²) in [5, 5.41) is 1.03. The van der Waals surface area contributed by atoms with E-state index in [0.29, 0.717) is 6.54 Å². The topological polar surface area (TPSA) is 38.9 Å². The number of halogens is 1. The van der Waals surface area contributed by atoms with Crippen LogP contribution in [0.25, 0.3) is 21.8 Å². The number of rotatable bonds is 4. The van der Waals surface area contributed by atoms with E-state index < -0.39 is 0 Å². The molecule has 2 nitrogen and oxygen atoms in total. The van der Waals surface area contributed by atoms with Gasteiger partial charge in [-0.25, -0.2) is 4.98 Å². The van der Waals surface area contributed by atoms with Gasteiger partial charge >= 0.3 is 0 Å². The third kappa shape index (κ3) is 3.07. The lowest BCUT2D eigenvalue weighted by atomic mass is 10.1. The Morgan fingerprint density at radius 3 is 2.43 bits per heavy atom. The minimum atomic E-state index is 0.636. The third-order valence-electron chi connectivity index (χ3n) is 3.22. The van der Waals surface area contributed by atoms with E-state index in [1.54, 1.807) is 11.3 Å². The third-order valence-corrected chi connectivity index (χ3v) is 5.06. The summed E-state index contributed by atoms with van der Waals surface area (Å²) in [4.78, 5) is 6.11. The molecule has 3 aromatic rings. The molecule has 0 radical (unpaired) electrons. The van der Waals surface area contributed by atoms with Gasteiger partial charge in [0.05, 0.1) is 5.69 Å². The summed E-state index contributed by atoms with van der Waals surface area (Å²) >= 11 is 5.33. The average molecular weight is 359 g/mol. The van der Waals surface area contributed by atoms with Crippen molar-refractivity contribution in [2.75, 3.05) is 6.54 Å². The molecule has 0 aliphatic rings. The van der Waals surface area contributed by atoms with Crippen LogP contribution in [-0.4, -0.2) is 11.5 Å². The second-order valence-electron chi connectivity index (χ2n) is 4.68. The van der Waals surface area contributed by atoms with Crippen molar-refractivity contribution in [2.24, 2.45) is 5.73 Å². The highest BCUT2D eigenvalue weighted by Gasteiger charge is 2.15. The van der Waals surface area contributed by atoms with Gasteiger partial charge < -0.3 is 5.73 Å². The normalized spacial score (nSPS) is 10.8. The quantitative estimate of drug-likeness (QED) is 0.731. The predicted molar refractivity (Wildman–Crippen MR) is 93.4 cm³/mol. The Morgan fingerprint density at radius 2 is 1.71 bits per heavy atom. The van der Waals surface area contributed by atoms with Crippen LogP contribution < -0.4 is 5.73 Å². The first kappa shape index (κ1) is 14.4.